The summed E-state index contributed by atoms with van der Waals surface area (Å²) in [6.45, 7) is 3.73. The van der Waals surface area contributed by atoms with Gasteiger partial charge >= 0.3 is 5.56 Å². The standard InChI is InChI=1S/C47H43N13O5S5/c61-42(52-46-50-34-19-18-32(25-37(34)68-46)57-70(64,65)39-17-11-24-66-39)35-26-33-28-58(22-12-23-59(33)55-35)21-10-2-1-9-20-48-43(62)38-27-49-45(69-38)54-53-41-40(31-15-7-4-8-16-31)56-60(44(41)63)47-51-36(29-67-47)30-13-5-3-6-14-30/h3-8,11,13-19,24-27,29,56-57H,1-2,9-10,12,20-23,28H2,(H,48,62)(H,50,52,61). The van der Waals surface area contributed by atoms with Gasteiger partial charge in [-0.3, -0.25) is 39.1 Å². The number of carbonyl (C=O) groups is 2. The number of hydrogen-bond acceptors (Lipinski definition) is 16. The monoisotopic (exact) mass is 1030 g/mol. The highest BCUT2D eigenvalue weighted by molar-refractivity contribution is 7.94. The van der Waals surface area contributed by atoms with Gasteiger partial charge in [0.1, 0.15) is 9.09 Å². The third kappa shape index (κ3) is 10.7. The minimum absolute atomic E-state index is 0.0993. The summed E-state index contributed by atoms with van der Waals surface area (Å²) in [5.41, 5.74) is 4.95. The topological polar surface area (TPSA) is 227 Å². The number of aromatic amines is 1. The number of thiophene rings is 1. The number of sulfonamides is 1. The number of thiazole rings is 3. The van der Waals surface area contributed by atoms with Crippen molar-refractivity contribution >= 4 is 99.0 Å². The molecule has 4 N–H and O–H groups in total. The van der Waals surface area contributed by atoms with Gasteiger partial charge in [0.15, 0.2) is 16.5 Å². The van der Waals surface area contributed by atoms with Gasteiger partial charge in [-0.1, -0.05) is 102 Å². The summed E-state index contributed by atoms with van der Waals surface area (Å²) in [7, 11) is -3.69. The Hall–Kier alpha value is -7.02. The molecule has 0 spiro atoms. The molecule has 10 rings (SSSR count). The van der Waals surface area contributed by atoms with E-state index in [9.17, 15) is 22.8 Å². The van der Waals surface area contributed by atoms with E-state index >= 15 is 0 Å². The highest BCUT2D eigenvalue weighted by Crippen LogP contribution is 2.33. The number of azo groups is 1. The molecule has 18 nitrogen and oxygen atoms in total. The van der Waals surface area contributed by atoms with Gasteiger partial charge in [-0.25, -0.2) is 23.4 Å². The maximum atomic E-state index is 13.8. The van der Waals surface area contributed by atoms with E-state index in [1.54, 1.807) is 35.7 Å². The van der Waals surface area contributed by atoms with Gasteiger partial charge in [-0.15, -0.1) is 32.9 Å². The quantitative estimate of drug-likeness (QED) is 0.0470. The molecule has 6 aromatic heterocycles. The van der Waals surface area contributed by atoms with Crippen molar-refractivity contribution in [2.45, 2.75) is 49.4 Å². The first kappa shape index (κ1) is 46.7. The molecule has 3 aromatic carbocycles. The van der Waals surface area contributed by atoms with Crippen LogP contribution in [0.5, 0.6) is 0 Å². The van der Waals surface area contributed by atoms with Gasteiger partial charge in [-0.2, -0.15) is 9.78 Å². The molecule has 7 heterocycles. The van der Waals surface area contributed by atoms with E-state index in [0.717, 1.165) is 95.1 Å². The van der Waals surface area contributed by atoms with Gasteiger partial charge < -0.3 is 5.32 Å². The molecule has 0 radical (unpaired) electrons. The van der Waals surface area contributed by atoms with Crippen molar-refractivity contribution in [1.29, 1.82) is 0 Å². The van der Waals surface area contributed by atoms with Crippen molar-refractivity contribution in [1.82, 2.24) is 44.7 Å². The van der Waals surface area contributed by atoms with Crippen LogP contribution < -0.4 is 20.9 Å². The Labute approximate surface area is 416 Å². The van der Waals surface area contributed by atoms with E-state index in [1.165, 1.54) is 33.6 Å². The van der Waals surface area contributed by atoms with Crippen LogP contribution in [0.2, 0.25) is 0 Å². The summed E-state index contributed by atoms with van der Waals surface area (Å²) in [6, 6.07) is 29.3. The zero-order chi connectivity index (χ0) is 48.0. The molecule has 0 unspecified atom stereocenters. The van der Waals surface area contributed by atoms with Crippen molar-refractivity contribution < 1.29 is 18.0 Å². The summed E-state index contributed by atoms with van der Waals surface area (Å²) in [4.78, 5) is 56.4. The number of aromatic nitrogens is 7. The van der Waals surface area contributed by atoms with Crippen molar-refractivity contribution in [2.24, 2.45) is 10.2 Å². The number of amides is 2. The average molecular weight is 1030 g/mol. The van der Waals surface area contributed by atoms with Crippen LogP contribution in [0, 0.1) is 0 Å². The molecular weight excluding hydrogens is 987 g/mol. The Morgan fingerprint density at radius 1 is 0.829 bits per heavy atom. The maximum Gasteiger partial charge on any atom is 0.301 e. The number of nitrogens with zero attached hydrogens (tertiary/aromatic N) is 9. The molecule has 9 aromatic rings. The van der Waals surface area contributed by atoms with Crippen LogP contribution in [0.15, 0.2) is 133 Å². The number of anilines is 2. The molecule has 1 aliphatic heterocycles. The Bertz CT molecular complexity index is 3490. The van der Waals surface area contributed by atoms with Gasteiger partial charge in [0.25, 0.3) is 21.8 Å². The third-order valence-corrected chi connectivity index (χ3v) is 16.7. The first-order valence-corrected chi connectivity index (χ1v) is 27.2. The fourth-order valence-electron chi connectivity index (χ4n) is 7.84. The number of benzene rings is 3. The second-order valence-electron chi connectivity index (χ2n) is 16.2. The van der Waals surface area contributed by atoms with Crippen LogP contribution in [0.25, 0.3) is 37.9 Å². The normalized spacial score (nSPS) is 13.1. The lowest BCUT2D eigenvalue weighted by atomic mass is 10.1. The Morgan fingerprint density at radius 3 is 2.46 bits per heavy atom. The first-order valence-electron chi connectivity index (χ1n) is 22.3. The third-order valence-electron chi connectivity index (χ3n) is 11.3. The van der Waals surface area contributed by atoms with Crippen molar-refractivity contribution in [3.63, 3.8) is 0 Å². The van der Waals surface area contributed by atoms with Gasteiger partial charge in [0.05, 0.1) is 39.2 Å². The number of aryl methyl sites for hydroxylation is 1. The van der Waals surface area contributed by atoms with Crippen LogP contribution in [0.3, 0.4) is 0 Å². The predicted molar refractivity (Wildman–Crippen MR) is 275 cm³/mol. The molecule has 2 amide bonds. The summed E-state index contributed by atoms with van der Waals surface area (Å²) in [5.74, 6) is -0.603. The summed E-state index contributed by atoms with van der Waals surface area (Å²) in [6.07, 6.45) is 6.13. The number of unbranched alkanes of at least 4 members (excludes halogenated alkanes) is 3. The smallest absolute Gasteiger partial charge is 0.301 e. The van der Waals surface area contributed by atoms with E-state index < -0.39 is 15.6 Å². The number of H-pyrrole nitrogens is 1. The molecule has 0 bridgehead atoms. The predicted octanol–water partition coefficient (Wildman–Crippen LogP) is 9.94. The van der Waals surface area contributed by atoms with Crippen LogP contribution >= 0.6 is 45.3 Å². The largest absolute Gasteiger partial charge is 0.351 e. The van der Waals surface area contributed by atoms with Gasteiger partial charge in [0.2, 0.25) is 10.3 Å². The number of carbonyl (C=O) groups excluding carboxylic acids is 2. The van der Waals surface area contributed by atoms with Crippen molar-refractivity contribution in [2.75, 3.05) is 29.7 Å². The molecule has 0 aliphatic carbocycles. The lowest BCUT2D eigenvalue weighted by Crippen LogP contribution is -2.25. The van der Waals surface area contributed by atoms with E-state index in [-0.39, 0.29) is 26.8 Å². The Morgan fingerprint density at radius 2 is 1.64 bits per heavy atom. The number of hydrogen-bond donors (Lipinski definition) is 4. The molecule has 0 fully saturated rings. The minimum Gasteiger partial charge on any atom is -0.351 e. The molecule has 0 atom stereocenters. The molecule has 23 heteroatoms. The average Bonchev–Trinajstić information content (AvgIpc) is 4.24. The van der Waals surface area contributed by atoms with Crippen molar-refractivity contribution in [3.8, 4) is 27.6 Å². The van der Waals surface area contributed by atoms with E-state index in [2.05, 4.69) is 50.6 Å². The van der Waals surface area contributed by atoms with Crippen LogP contribution in [-0.2, 0) is 23.1 Å². The van der Waals surface area contributed by atoms with E-state index in [4.69, 9.17) is 4.98 Å². The van der Waals surface area contributed by atoms with E-state index in [0.29, 0.717) is 57.4 Å². The molecule has 1 aliphatic rings. The fraction of sp³-hybridized carbons (Fsp3) is 0.213. The molecule has 0 saturated carbocycles. The molecule has 70 heavy (non-hydrogen) atoms. The van der Waals surface area contributed by atoms with Gasteiger partial charge in [0, 0.05) is 42.7 Å². The van der Waals surface area contributed by atoms with Crippen LogP contribution in [0.1, 0.15) is 58.0 Å². The zero-order valence-electron chi connectivity index (χ0n) is 37.1. The molecule has 0 saturated heterocycles. The minimum atomic E-state index is -3.69. The highest BCUT2D eigenvalue weighted by Gasteiger charge is 2.23. The van der Waals surface area contributed by atoms with Gasteiger partial charge in [-0.05, 0) is 61.5 Å². The lowest BCUT2D eigenvalue weighted by Gasteiger charge is -2.19. The number of nitrogens with one attached hydrogen (secondary N) is 4. The van der Waals surface area contributed by atoms with Crippen LogP contribution in [0.4, 0.5) is 21.6 Å². The Balaban J connectivity index is 0.673. The second kappa shape index (κ2) is 20.9. The maximum absolute atomic E-state index is 13.8. The zero-order valence-corrected chi connectivity index (χ0v) is 41.2. The van der Waals surface area contributed by atoms with Crippen molar-refractivity contribution in [3.05, 3.63) is 141 Å². The molecule has 356 valence electrons. The second-order valence-corrected chi connectivity index (χ2v) is 21.9. The van der Waals surface area contributed by atoms with E-state index in [1.807, 2.05) is 76.8 Å². The highest BCUT2D eigenvalue weighted by atomic mass is 32.2. The number of fused-ring (bicyclic) bond motifs is 2. The summed E-state index contributed by atoms with van der Waals surface area (Å²) in [5, 5.41) is 27.0. The van der Waals surface area contributed by atoms with Crippen LogP contribution in [-0.4, -0.2) is 79.3 Å². The summed E-state index contributed by atoms with van der Waals surface area (Å²) >= 11 is 4.83. The first-order chi connectivity index (χ1) is 34.1. The summed E-state index contributed by atoms with van der Waals surface area (Å²) < 4.78 is 32.2. The fourth-order valence-corrected chi connectivity index (χ4v) is 12.2. The lowest BCUT2D eigenvalue weighted by molar-refractivity contribution is 0.0955. The Kier molecular flexibility index (Phi) is 14.0. The SMILES string of the molecule is O=C(Nc1nc2ccc(NS(=O)(=O)c3cccs3)cc2s1)c1cc2n(n1)CCCN(CCCCCCNC(=O)c1cnc(N=Nc3c(-c4ccccc4)[nH]n(-c4nc(-c5ccccc5)cs4)c3=O)s1)C2. The number of rotatable bonds is 18. The molecular formula is C47H43N13O5S5.